The molecule has 1 N–H and O–H groups in total. The molecule has 2 aromatic carbocycles. The van der Waals surface area contributed by atoms with E-state index in [1.165, 1.54) is 0 Å². The van der Waals surface area contributed by atoms with E-state index < -0.39 is 6.10 Å². The van der Waals surface area contributed by atoms with Crippen LogP contribution in [0.2, 0.25) is 0 Å². The maximum Gasteiger partial charge on any atom is 0.125 e. The number of aryl methyl sites for hydroxylation is 1. The Hall–Kier alpha value is -1.84. The summed E-state index contributed by atoms with van der Waals surface area (Å²) in [7, 11) is 1.64. The number of benzene rings is 2. The second kappa shape index (κ2) is 5.27. The van der Waals surface area contributed by atoms with Crippen molar-refractivity contribution >= 4 is 21.4 Å². The molecule has 1 atom stereocenters. The van der Waals surface area contributed by atoms with Crippen molar-refractivity contribution in [3.63, 3.8) is 0 Å². The average molecular weight is 284 g/mol. The van der Waals surface area contributed by atoms with E-state index in [4.69, 9.17) is 4.74 Å². The van der Waals surface area contributed by atoms with E-state index in [0.29, 0.717) is 0 Å². The van der Waals surface area contributed by atoms with Gasteiger partial charge in [-0.05, 0) is 35.4 Å². The Morgan fingerprint density at radius 2 is 1.95 bits per heavy atom. The van der Waals surface area contributed by atoms with Crippen LogP contribution in [0.15, 0.2) is 47.8 Å². The number of hydrogen-bond donors (Lipinski definition) is 1. The van der Waals surface area contributed by atoms with Crippen LogP contribution in [0.1, 0.15) is 22.8 Å². The summed E-state index contributed by atoms with van der Waals surface area (Å²) in [6.07, 6.45) is -0.673. The molecule has 0 amide bonds. The highest BCUT2D eigenvalue weighted by molar-refractivity contribution is 7.17. The lowest BCUT2D eigenvalue weighted by molar-refractivity contribution is 0.216. The molecular weight excluding hydrogens is 268 g/mol. The number of aliphatic hydroxyl groups excluding tert-OH is 1. The summed E-state index contributed by atoms with van der Waals surface area (Å²) in [4.78, 5) is 0. The number of methoxy groups -OCH3 is 1. The van der Waals surface area contributed by atoms with Crippen LogP contribution in [0.3, 0.4) is 0 Å². The molecule has 0 saturated carbocycles. The van der Waals surface area contributed by atoms with E-state index in [1.54, 1.807) is 18.4 Å². The fraction of sp³-hybridized carbons (Fsp3) is 0.176. The molecule has 0 radical (unpaired) electrons. The first-order valence-electron chi connectivity index (χ1n) is 6.49. The van der Waals surface area contributed by atoms with Gasteiger partial charge in [-0.2, -0.15) is 0 Å². The second-order valence-electron chi connectivity index (χ2n) is 4.83. The summed E-state index contributed by atoms with van der Waals surface area (Å²) in [5.41, 5.74) is 2.85. The van der Waals surface area contributed by atoms with Crippen LogP contribution in [-0.2, 0) is 0 Å². The smallest absolute Gasteiger partial charge is 0.125 e. The van der Waals surface area contributed by atoms with Crippen molar-refractivity contribution in [3.8, 4) is 5.75 Å². The third-order valence-electron chi connectivity index (χ3n) is 3.49. The lowest BCUT2D eigenvalue weighted by atomic mass is 9.98. The fourth-order valence-corrected chi connectivity index (χ4v) is 3.38. The lowest BCUT2D eigenvalue weighted by Crippen LogP contribution is -2.02. The molecule has 2 nitrogen and oxygen atoms in total. The number of thiophene rings is 1. The van der Waals surface area contributed by atoms with Gasteiger partial charge in [-0.3, -0.25) is 0 Å². The molecule has 20 heavy (non-hydrogen) atoms. The van der Waals surface area contributed by atoms with Gasteiger partial charge in [0, 0.05) is 15.8 Å². The third-order valence-corrected chi connectivity index (χ3v) is 4.47. The minimum absolute atomic E-state index is 0.673. The van der Waals surface area contributed by atoms with E-state index in [-0.39, 0.29) is 0 Å². The summed E-state index contributed by atoms with van der Waals surface area (Å²) in [5.74, 6) is 0.728. The van der Waals surface area contributed by atoms with Crippen LogP contribution < -0.4 is 4.74 Å². The first-order valence-corrected chi connectivity index (χ1v) is 7.37. The van der Waals surface area contributed by atoms with Gasteiger partial charge in [-0.15, -0.1) is 11.3 Å². The molecule has 0 aliphatic carbocycles. The van der Waals surface area contributed by atoms with Gasteiger partial charge >= 0.3 is 0 Å². The van der Waals surface area contributed by atoms with Gasteiger partial charge in [0.1, 0.15) is 11.9 Å². The summed E-state index contributed by atoms with van der Waals surface area (Å²) in [5, 5.41) is 14.0. The number of ether oxygens (including phenoxy) is 1. The molecule has 0 aliphatic rings. The normalized spacial score (nSPS) is 12.6. The fourth-order valence-electron chi connectivity index (χ4n) is 2.44. The molecular formula is C17H16O2S. The number of hydrogen-bond acceptors (Lipinski definition) is 3. The van der Waals surface area contributed by atoms with Crippen molar-refractivity contribution in [2.24, 2.45) is 0 Å². The highest BCUT2D eigenvalue weighted by Gasteiger charge is 2.18. The van der Waals surface area contributed by atoms with E-state index >= 15 is 0 Å². The predicted molar refractivity (Wildman–Crippen MR) is 83.6 cm³/mol. The monoisotopic (exact) mass is 284 g/mol. The first-order chi connectivity index (χ1) is 9.70. The topological polar surface area (TPSA) is 29.5 Å². The summed E-state index contributed by atoms with van der Waals surface area (Å²) in [6.45, 7) is 2.01. The van der Waals surface area contributed by atoms with E-state index in [2.05, 4.69) is 12.1 Å². The molecule has 102 valence electrons. The number of aliphatic hydroxyl groups is 1. The maximum absolute atomic E-state index is 10.7. The predicted octanol–water partition coefficient (Wildman–Crippen LogP) is 4.30. The minimum atomic E-state index is -0.673. The standard InChI is InChI=1S/C17H16O2S/c1-11-6-7-13(15(10-11)19-2)16(18)14-5-3-4-12-8-9-20-17(12)14/h3-10,16,18H,1-2H3. The van der Waals surface area contributed by atoms with Gasteiger partial charge < -0.3 is 9.84 Å². The first kappa shape index (κ1) is 13.2. The Morgan fingerprint density at radius 3 is 2.75 bits per heavy atom. The lowest BCUT2D eigenvalue weighted by Gasteiger charge is -2.16. The van der Waals surface area contributed by atoms with Crippen LogP contribution in [0, 0.1) is 6.92 Å². The molecule has 1 unspecified atom stereocenters. The van der Waals surface area contributed by atoms with Gasteiger partial charge in [0.05, 0.1) is 7.11 Å². The van der Waals surface area contributed by atoms with Crippen molar-refractivity contribution in [1.29, 1.82) is 0 Å². The van der Waals surface area contributed by atoms with Crippen molar-refractivity contribution in [2.75, 3.05) is 7.11 Å². The summed E-state index contributed by atoms with van der Waals surface area (Å²) >= 11 is 1.65. The van der Waals surface area contributed by atoms with E-state index in [1.807, 2.05) is 42.6 Å². The second-order valence-corrected chi connectivity index (χ2v) is 5.75. The zero-order chi connectivity index (χ0) is 14.1. The zero-order valence-corrected chi connectivity index (χ0v) is 12.3. The Kier molecular flexibility index (Phi) is 3.47. The molecule has 0 bridgehead atoms. The molecule has 0 fully saturated rings. The van der Waals surface area contributed by atoms with Crippen molar-refractivity contribution in [2.45, 2.75) is 13.0 Å². The van der Waals surface area contributed by atoms with Crippen LogP contribution in [0.4, 0.5) is 0 Å². The largest absolute Gasteiger partial charge is 0.496 e. The Bertz CT molecular complexity index is 746. The van der Waals surface area contributed by atoms with Crippen molar-refractivity contribution in [3.05, 3.63) is 64.5 Å². The summed E-state index contributed by atoms with van der Waals surface area (Å²) in [6, 6.07) is 14.0. The highest BCUT2D eigenvalue weighted by Crippen LogP contribution is 2.36. The maximum atomic E-state index is 10.7. The molecule has 0 aliphatic heterocycles. The van der Waals surface area contributed by atoms with Crippen molar-refractivity contribution < 1.29 is 9.84 Å². The SMILES string of the molecule is COc1cc(C)ccc1C(O)c1cccc2ccsc12. The van der Waals surface area contributed by atoms with Crippen LogP contribution in [0.5, 0.6) is 5.75 Å². The Balaban J connectivity index is 2.13. The van der Waals surface area contributed by atoms with E-state index in [0.717, 1.165) is 32.5 Å². The molecule has 3 heteroatoms. The van der Waals surface area contributed by atoms with E-state index in [9.17, 15) is 5.11 Å². The number of fused-ring (bicyclic) bond motifs is 1. The Morgan fingerprint density at radius 1 is 1.10 bits per heavy atom. The molecule has 1 aromatic heterocycles. The van der Waals surface area contributed by atoms with Crippen LogP contribution in [0.25, 0.3) is 10.1 Å². The average Bonchev–Trinajstić information content (AvgIpc) is 2.94. The zero-order valence-electron chi connectivity index (χ0n) is 11.5. The van der Waals surface area contributed by atoms with Crippen LogP contribution >= 0.6 is 11.3 Å². The van der Waals surface area contributed by atoms with Crippen molar-refractivity contribution in [1.82, 2.24) is 0 Å². The number of rotatable bonds is 3. The molecule has 0 spiro atoms. The minimum Gasteiger partial charge on any atom is -0.496 e. The highest BCUT2D eigenvalue weighted by atomic mass is 32.1. The quantitative estimate of drug-likeness (QED) is 0.777. The molecule has 0 saturated heterocycles. The van der Waals surface area contributed by atoms with Gasteiger partial charge in [-0.25, -0.2) is 0 Å². The van der Waals surface area contributed by atoms with Gasteiger partial charge in [0.2, 0.25) is 0 Å². The molecule has 3 aromatic rings. The molecule has 3 rings (SSSR count). The molecule has 1 heterocycles. The van der Waals surface area contributed by atoms with Gasteiger partial charge in [0.25, 0.3) is 0 Å². The summed E-state index contributed by atoms with van der Waals surface area (Å²) < 4.78 is 6.53. The van der Waals surface area contributed by atoms with Gasteiger partial charge in [0.15, 0.2) is 0 Å². The third kappa shape index (κ3) is 2.19. The Labute approximate surface area is 122 Å². The van der Waals surface area contributed by atoms with Crippen LogP contribution in [-0.4, -0.2) is 12.2 Å². The van der Waals surface area contributed by atoms with Gasteiger partial charge in [-0.1, -0.05) is 30.3 Å².